The first-order valence-corrected chi connectivity index (χ1v) is 19.8. The molecule has 2 aromatic heterocycles. The van der Waals surface area contributed by atoms with Crippen LogP contribution in [0.25, 0.3) is 22.0 Å². The maximum atomic E-state index is 14.3. The van der Waals surface area contributed by atoms with Gasteiger partial charge in [-0.2, -0.15) is 18.3 Å². The number of hydrogen-bond acceptors (Lipinski definition) is 8. The van der Waals surface area contributed by atoms with Crippen LogP contribution in [0, 0.1) is 23.5 Å². The van der Waals surface area contributed by atoms with Crippen molar-refractivity contribution in [2.45, 2.75) is 56.7 Å². The van der Waals surface area contributed by atoms with Crippen molar-refractivity contribution in [3.8, 4) is 23.0 Å². The van der Waals surface area contributed by atoms with Gasteiger partial charge in [0.05, 0.1) is 27.7 Å². The number of ether oxygens (including phenoxy) is 1. The number of fused-ring (bicyclic) bond motifs is 1. The van der Waals surface area contributed by atoms with Gasteiger partial charge < -0.3 is 10.1 Å². The average molecular weight is 829 g/mol. The van der Waals surface area contributed by atoms with Crippen LogP contribution in [0.3, 0.4) is 0 Å². The molecular weight excluding hydrogens is 791 g/mol. The zero-order valence-electron chi connectivity index (χ0n) is 30.8. The smallest absolute Gasteiger partial charge is 0.408 e. The van der Waals surface area contributed by atoms with Gasteiger partial charge in [-0.1, -0.05) is 23.6 Å². The number of halogens is 6. The van der Waals surface area contributed by atoms with E-state index in [2.05, 4.69) is 27.2 Å². The van der Waals surface area contributed by atoms with Crippen molar-refractivity contribution in [3.63, 3.8) is 0 Å². The van der Waals surface area contributed by atoms with E-state index < -0.39 is 75.7 Å². The molecule has 4 atom stereocenters. The number of aromatic nitrogens is 3. The van der Waals surface area contributed by atoms with Gasteiger partial charge in [-0.25, -0.2) is 22.3 Å². The SMILES string of the molecule is CC(C(=O)OCN(c1nn(CC(F)(F)F)c2c(-c3ccc(C#CC(C)(C)S(C)=O)nc3C(Cc3cc(F)cc(F)c3)NC=O)ccc(Cl)c12)S(C)=O)N(C)C. The first kappa shape index (κ1) is 43.3. The van der Waals surface area contributed by atoms with Crippen molar-refractivity contribution in [1.82, 2.24) is 25.0 Å². The number of nitrogens with zero attached hydrogens (tertiary/aromatic N) is 5. The molecule has 2 heterocycles. The highest BCUT2D eigenvalue weighted by molar-refractivity contribution is 7.86. The van der Waals surface area contributed by atoms with Gasteiger partial charge in [0, 0.05) is 40.5 Å². The van der Waals surface area contributed by atoms with Crippen LogP contribution in [0.1, 0.15) is 43.8 Å². The van der Waals surface area contributed by atoms with E-state index in [0.29, 0.717) is 17.2 Å². The second-order valence-electron chi connectivity index (χ2n) is 13.1. The van der Waals surface area contributed by atoms with E-state index in [1.54, 1.807) is 39.8 Å². The molecule has 0 saturated heterocycles. The summed E-state index contributed by atoms with van der Waals surface area (Å²) in [5.74, 6) is 3.00. The van der Waals surface area contributed by atoms with E-state index in [0.717, 1.165) is 16.4 Å². The Morgan fingerprint density at radius 3 is 2.27 bits per heavy atom. The Hall–Kier alpha value is -4.44. The molecule has 0 aliphatic carbocycles. The average Bonchev–Trinajstić information content (AvgIpc) is 3.44. The van der Waals surface area contributed by atoms with Gasteiger partial charge in [0.2, 0.25) is 6.41 Å². The molecule has 11 nitrogen and oxygen atoms in total. The third-order valence-corrected chi connectivity index (χ3v) is 11.3. The highest BCUT2D eigenvalue weighted by Gasteiger charge is 2.34. The summed E-state index contributed by atoms with van der Waals surface area (Å²) in [6.45, 7) is 2.58. The Morgan fingerprint density at radius 2 is 1.71 bits per heavy atom. The lowest BCUT2D eigenvalue weighted by Gasteiger charge is -2.23. The Balaban J connectivity index is 2.04. The van der Waals surface area contributed by atoms with Crippen LogP contribution < -0.4 is 9.62 Å². The van der Waals surface area contributed by atoms with Gasteiger partial charge in [-0.15, -0.1) is 0 Å². The molecule has 4 rings (SSSR count). The third-order valence-electron chi connectivity index (χ3n) is 8.53. The number of carbonyl (C=O) groups excluding carboxylic acids is 2. The maximum absolute atomic E-state index is 14.3. The fraction of sp³-hybridized carbons (Fsp3) is 0.389. The van der Waals surface area contributed by atoms with Crippen molar-refractivity contribution >= 4 is 62.5 Å². The fourth-order valence-electron chi connectivity index (χ4n) is 5.25. The number of anilines is 1. The minimum Gasteiger partial charge on any atom is -0.442 e. The number of rotatable bonds is 14. The second-order valence-corrected chi connectivity index (χ2v) is 16.7. The first-order valence-electron chi connectivity index (χ1n) is 16.4. The van der Waals surface area contributed by atoms with Crippen LogP contribution in [0.4, 0.5) is 27.8 Å². The van der Waals surface area contributed by atoms with E-state index in [-0.39, 0.29) is 56.2 Å². The summed E-state index contributed by atoms with van der Waals surface area (Å²) < 4.78 is 103. The molecule has 55 heavy (non-hydrogen) atoms. The lowest BCUT2D eigenvalue weighted by Crippen LogP contribution is -2.38. The Morgan fingerprint density at radius 1 is 1.07 bits per heavy atom. The van der Waals surface area contributed by atoms with Crippen LogP contribution >= 0.6 is 11.6 Å². The number of nitrogens with one attached hydrogen (secondary N) is 1. The lowest BCUT2D eigenvalue weighted by molar-refractivity contribution is -0.148. The third kappa shape index (κ3) is 10.7. The number of esters is 1. The summed E-state index contributed by atoms with van der Waals surface area (Å²) in [5, 5.41) is 6.63. The highest BCUT2D eigenvalue weighted by atomic mass is 35.5. The lowest BCUT2D eigenvalue weighted by atomic mass is 9.94. The molecule has 4 aromatic rings. The predicted octanol–water partition coefficient (Wildman–Crippen LogP) is 5.68. The van der Waals surface area contributed by atoms with E-state index in [1.807, 2.05) is 0 Å². The monoisotopic (exact) mass is 828 g/mol. The Kier molecular flexibility index (Phi) is 13.8. The van der Waals surface area contributed by atoms with E-state index >= 15 is 0 Å². The van der Waals surface area contributed by atoms with E-state index in [4.69, 9.17) is 16.3 Å². The molecule has 4 unspecified atom stereocenters. The summed E-state index contributed by atoms with van der Waals surface area (Å²) in [6.07, 6.45) is -2.01. The fourth-order valence-corrected chi connectivity index (χ4v) is 6.26. The molecule has 1 amide bonds. The molecule has 0 aliphatic heterocycles. The number of hydrogen-bond donors (Lipinski definition) is 1. The zero-order chi connectivity index (χ0) is 41.0. The zero-order valence-corrected chi connectivity index (χ0v) is 33.1. The summed E-state index contributed by atoms with van der Waals surface area (Å²) in [4.78, 5) is 30.9. The minimum atomic E-state index is -4.82. The minimum absolute atomic E-state index is 0.0338. The van der Waals surface area contributed by atoms with Crippen molar-refractivity contribution < 1.29 is 44.7 Å². The maximum Gasteiger partial charge on any atom is 0.408 e. The van der Waals surface area contributed by atoms with Gasteiger partial charge in [0.25, 0.3) is 0 Å². The number of amides is 1. The predicted molar refractivity (Wildman–Crippen MR) is 202 cm³/mol. The van der Waals surface area contributed by atoms with Crippen molar-refractivity contribution in [2.24, 2.45) is 0 Å². The van der Waals surface area contributed by atoms with E-state index in [9.17, 15) is 40.0 Å². The van der Waals surface area contributed by atoms with Crippen LogP contribution in [0.5, 0.6) is 0 Å². The molecule has 19 heteroatoms. The van der Waals surface area contributed by atoms with Gasteiger partial charge >= 0.3 is 12.1 Å². The Labute approximate surface area is 324 Å². The molecule has 0 aliphatic rings. The number of likely N-dealkylation sites (N-methyl/N-ethyl adjacent to an activating group) is 1. The summed E-state index contributed by atoms with van der Waals surface area (Å²) in [7, 11) is -0.113. The number of benzene rings is 2. The molecule has 0 fully saturated rings. The van der Waals surface area contributed by atoms with Crippen LogP contribution in [0.2, 0.25) is 5.02 Å². The molecule has 1 N–H and O–H groups in total. The largest absolute Gasteiger partial charge is 0.442 e. The molecular formula is C36H38ClF5N6O5S2. The van der Waals surface area contributed by atoms with Gasteiger partial charge in [0.1, 0.15) is 45.6 Å². The standard InChI is InChI=1S/C36H38ClF5N6O5S2/c1-21(46(4)5)34(50)53-20-48(55(7)52)33-30-28(37)11-10-27(32(30)47(45-33)18-36(40,41)42)26-9-8-25(12-13-35(2,3)54(6)51)44-31(26)29(43-19-49)16-22-14-23(38)17-24(39)15-22/h8-11,14-15,17,19,21,29H,16,18,20H2,1-7H3,(H,43,49). The number of carbonyl (C=O) groups is 2. The molecule has 0 spiro atoms. The number of pyridine rings is 1. The molecule has 2 aromatic carbocycles. The molecule has 296 valence electrons. The molecule has 0 bridgehead atoms. The van der Waals surface area contributed by atoms with Crippen molar-refractivity contribution in [1.29, 1.82) is 0 Å². The summed E-state index contributed by atoms with van der Waals surface area (Å²) in [6, 6.07) is 6.67. The van der Waals surface area contributed by atoms with E-state index in [1.165, 1.54) is 36.8 Å². The quantitative estimate of drug-likeness (QED) is 0.0566. The van der Waals surface area contributed by atoms with Gasteiger partial charge in [0.15, 0.2) is 12.5 Å². The second kappa shape index (κ2) is 17.6. The summed E-state index contributed by atoms with van der Waals surface area (Å²) in [5.41, 5.74) is 0.306. The topological polar surface area (TPSA) is 127 Å². The van der Waals surface area contributed by atoms with Crippen molar-refractivity contribution in [2.75, 3.05) is 37.6 Å². The molecule has 0 saturated carbocycles. The summed E-state index contributed by atoms with van der Waals surface area (Å²) >= 11 is 6.67. The van der Waals surface area contributed by atoms with Crippen molar-refractivity contribution in [3.05, 3.63) is 76.1 Å². The van der Waals surface area contributed by atoms with Crippen LogP contribution in [-0.4, -0.2) is 90.8 Å². The van der Waals surface area contributed by atoms with Gasteiger partial charge in [-0.05, 0) is 83.1 Å². The number of alkyl halides is 3. The molecule has 0 radical (unpaired) electrons. The highest BCUT2D eigenvalue weighted by Crippen LogP contribution is 2.42. The van der Waals surface area contributed by atoms with Crippen LogP contribution in [0.15, 0.2) is 42.5 Å². The Bertz CT molecular complexity index is 2180. The normalized spacial score (nSPS) is 14.1. The van der Waals surface area contributed by atoms with Gasteiger partial charge in [-0.3, -0.25) is 23.4 Å². The van der Waals surface area contributed by atoms with Crippen LogP contribution in [-0.2, 0) is 49.1 Å². The first-order chi connectivity index (χ1) is 25.6.